The largest absolute Gasteiger partial charge is 0.395 e. The topological polar surface area (TPSA) is 32.3 Å². The second-order valence-corrected chi connectivity index (χ2v) is 6.07. The molecule has 0 aliphatic carbocycles. The van der Waals surface area contributed by atoms with E-state index in [2.05, 4.69) is 58.1 Å². The van der Waals surface area contributed by atoms with Crippen LogP contribution in [0.25, 0.3) is 0 Å². The van der Waals surface area contributed by atoms with Crippen LogP contribution in [0.4, 0.5) is 0 Å². The van der Waals surface area contributed by atoms with Gasteiger partial charge in [-0.3, -0.25) is 0 Å². The zero-order valence-electron chi connectivity index (χ0n) is 12.4. The Hall–Kier alpha value is -0.860. The van der Waals surface area contributed by atoms with Crippen LogP contribution in [0.15, 0.2) is 18.2 Å². The first-order valence-corrected chi connectivity index (χ1v) is 6.82. The van der Waals surface area contributed by atoms with Crippen LogP contribution in [0, 0.1) is 6.92 Å². The van der Waals surface area contributed by atoms with Gasteiger partial charge in [0, 0.05) is 12.6 Å². The maximum Gasteiger partial charge on any atom is 0.0584 e. The fraction of sp³-hybridized carbons (Fsp3) is 0.625. The number of aryl methyl sites for hydroxylation is 1. The number of aliphatic hydroxyl groups is 1. The van der Waals surface area contributed by atoms with Gasteiger partial charge >= 0.3 is 0 Å². The van der Waals surface area contributed by atoms with Crippen LogP contribution in [-0.4, -0.2) is 17.8 Å². The maximum atomic E-state index is 9.15. The predicted molar refractivity (Wildman–Crippen MR) is 77.9 cm³/mol. The van der Waals surface area contributed by atoms with Gasteiger partial charge in [-0.15, -0.1) is 0 Å². The minimum atomic E-state index is 0.201. The first-order valence-electron chi connectivity index (χ1n) is 6.82. The first-order chi connectivity index (χ1) is 8.38. The van der Waals surface area contributed by atoms with E-state index >= 15 is 0 Å². The van der Waals surface area contributed by atoms with Crippen LogP contribution >= 0.6 is 0 Å². The molecule has 2 N–H and O–H groups in total. The SMILES string of the molecule is CCC(CO)NCc1ccc(C(C)(C)C)c(C)c1. The lowest BCUT2D eigenvalue weighted by molar-refractivity contribution is 0.238. The van der Waals surface area contributed by atoms with E-state index in [-0.39, 0.29) is 18.1 Å². The maximum absolute atomic E-state index is 9.15. The summed E-state index contributed by atoms with van der Waals surface area (Å²) in [5, 5.41) is 12.5. The smallest absolute Gasteiger partial charge is 0.0584 e. The van der Waals surface area contributed by atoms with Gasteiger partial charge < -0.3 is 10.4 Å². The monoisotopic (exact) mass is 249 g/mol. The molecule has 0 heterocycles. The highest BCUT2D eigenvalue weighted by molar-refractivity contribution is 5.35. The van der Waals surface area contributed by atoms with Crippen molar-refractivity contribution in [2.75, 3.05) is 6.61 Å². The van der Waals surface area contributed by atoms with Crippen molar-refractivity contribution < 1.29 is 5.11 Å². The van der Waals surface area contributed by atoms with Crippen LogP contribution in [-0.2, 0) is 12.0 Å². The molecule has 0 bridgehead atoms. The summed E-state index contributed by atoms with van der Waals surface area (Å²) in [7, 11) is 0. The third-order valence-corrected chi connectivity index (χ3v) is 3.41. The molecule has 1 unspecified atom stereocenters. The lowest BCUT2D eigenvalue weighted by Gasteiger charge is -2.22. The molecular weight excluding hydrogens is 222 g/mol. The Kier molecular flexibility index (Phi) is 5.36. The molecule has 0 aliphatic rings. The van der Waals surface area contributed by atoms with Gasteiger partial charge in [-0.25, -0.2) is 0 Å². The molecule has 102 valence electrons. The fourth-order valence-electron chi connectivity index (χ4n) is 2.28. The molecule has 1 rings (SSSR count). The molecule has 0 radical (unpaired) electrons. The predicted octanol–water partition coefficient (Wildman–Crippen LogP) is 3.15. The van der Waals surface area contributed by atoms with E-state index in [1.807, 2.05) is 0 Å². The zero-order chi connectivity index (χ0) is 13.8. The van der Waals surface area contributed by atoms with E-state index < -0.39 is 0 Å². The fourth-order valence-corrected chi connectivity index (χ4v) is 2.28. The second-order valence-electron chi connectivity index (χ2n) is 6.07. The summed E-state index contributed by atoms with van der Waals surface area (Å²) in [6.07, 6.45) is 0.954. The molecule has 2 heteroatoms. The van der Waals surface area contributed by atoms with Gasteiger partial charge in [0.25, 0.3) is 0 Å². The van der Waals surface area contributed by atoms with E-state index in [9.17, 15) is 0 Å². The quantitative estimate of drug-likeness (QED) is 0.840. The standard InChI is InChI=1S/C16H27NO/c1-6-14(11-18)17-10-13-7-8-15(12(2)9-13)16(3,4)5/h7-9,14,17-18H,6,10-11H2,1-5H3. The first kappa shape index (κ1) is 15.2. The highest BCUT2D eigenvalue weighted by Gasteiger charge is 2.16. The second kappa shape index (κ2) is 6.35. The summed E-state index contributed by atoms with van der Waals surface area (Å²) in [6, 6.07) is 6.86. The van der Waals surface area contributed by atoms with Crippen molar-refractivity contribution in [3.63, 3.8) is 0 Å². The van der Waals surface area contributed by atoms with Crippen LogP contribution in [0.5, 0.6) is 0 Å². The Morgan fingerprint density at radius 1 is 1.28 bits per heavy atom. The molecule has 0 amide bonds. The van der Waals surface area contributed by atoms with Crippen LogP contribution in [0.1, 0.15) is 50.8 Å². The Labute approximate surface area is 111 Å². The Balaban J connectivity index is 2.73. The summed E-state index contributed by atoms with van der Waals surface area (Å²) in [4.78, 5) is 0. The number of aliphatic hydroxyl groups excluding tert-OH is 1. The number of rotatable bonds is 5. The normalized spacial score (nSPS) is 13.7. The molecular formula is C16H27NO. The van der Waals surface area contributed by atoms with Crippen molar-refractivity contribution in [3.05, 3.63) is 34.9 Å². The molecule has 1 aromatic carbocycles. The summed E-state index contributed by atoms with van der Waals surface area (Å²) in [5.74, 6) is 0. The van der Waals surface area contributed by atoms with Crippen molar-refractivity contribution in [2.45, 2.75) is 59.0 Å². The van der Waals surface area contributed by atoms with Crippen molar-refractivity contribution in [2.24, 2.45) is 0 Å². The van der Waals surface area contributed by atoms with E-state index in [1.54, 1.807) is 0 Å². The average molecular weight is 249 g/mol. The molecule has 0 aliphatic heterocycles. The third-order valence-electron chi connectivity index (χ3n) is 3.41. The van der Waals surface area contributed by atoms with Gasteiger partial charge in [0.05, 0.1) is 6.61 Å². The molecule has 18 heavy (non-hydrogen) atoms. The van der Waals surface area contributed by atoms with Crippen molar-refractivity contribution in [1.29, 1.82) is 0 Å². The third kappa shape index (κ3) is 4.11. The molecule has 2 nitrogen and oxygen atoms in total. The minimum Gasteiger partial charge on any atom is -0.395 e. The minimum absolute atomic E-state index is 0.201. The van der Waals surface area contributed by atoms with Gasteiger partial charge in [-0.2, -0.15) is 0 Å². The van der Waals surface area contributed by atoms with Gasteiger partial charge in [0.2, 0.25) is 0 Å². The van der Waals surface area contributed by atoms with E-state index in [4.69, 9.17) is 5.11 Å². The Morgan fingerprint density at radius 3 is 2.39 bits per heavy atom. The molecule has 1 atom stereocenters. The van der Waals surface area contributed by atoms with Crippen LogP contribution in [0.3, 0.4) is 0 Å². The molecule has 0 fully saturated rings. The summed E-state index contributed by atoms with van der Waals surface area (Å²) < 4.78 is 0. The molecule has 0 aromatic heterocycles. The Morgan fingerprint density at radius 2 is 1.94 bits per heavy atom. The van der Waals surface area contributed by atoms with E-state index in [1.165, 1.54) is 16.7 Å². The molecule has 0 saturated heterocycles. The molecule has 0 spiro atoms. The summed E-state index contributed by atoms with van der Waals surface area (Å²) >= 11 is 0. The lowest BCUT2D eigenvalue weighted by Crippen LogP contribution is -2.31. The Bertz CT molecular complexity index is 375. The molecule has 1 aromatic rings. The van der Waals surface area contributed by atoms with Crippen LogP contribution < -0.4 is 5.32 Å². The van der Waals surface area contributed by atoms with E-state index in [0.29, 0.717) is 0 Å². The highest BCUT2D eigenvalue weighted by Crippen LogP contribution is 2.26. The number of benzene rings is 1. The number of nitrogens with one attached hydrogen (secondary N) is 1. The number of hydrogen-bond acceptors (Lipinski definition) is 2. The summed E-state index contributed by atoms with van der Waals surface area (Å²) in [6.45, 7) is 12.0. The molecule has 0 saturated carbocycles. The van der Waals surface area contributed by atoms with Crippen LogP contribution in [0.2, 0.25) is 0 Å². The van der Waals surface area contributed by atoms with Crippen molar-refractivity contribution in [3.8, 4) is 0 Å². The highest BCUT2D eigenvalue weighted by atomic mass is 16.3. The van der Waals surface area contributed by atoms with E-state index in [0.717, 1.165) is 13.0 Å². The van der Waals surface area contributed by atoms with Gasteiger partial charge in [-0.1, -0.05) is 45.9 Å². The van der Waals surface area contributed by atoms with Gasteiger partial charge in [0.1, 0.15) is 0 Å². The van der Waals surface area contributed by atoms with Gasteiger partial charge in [0.15, 0.2) is 0 Å². The average Bonchev–Trinajstić information content (AvgIpc) is 2.28. The van der Waals surface area contributed by atoms with Crippen molar-refractivity contribution in [1.82, 2.24) is 5.32 Å². The van der Waals surface area contributed by atoms with Crippen molar-refractivity contribution >= 4 is 0 Å². The zero-order valence-corrected chi connectivity index (χ0v) is 12.4. The number of hydrogen-bond donors (Lipinski definition) is 2. The van der Waals surface area contributed by atoms with Gasteiger partial charge in [-0.05, 0) is 35.4 Å². The summed E-state index contributed by atoms with van der Waals surface area (Å²) in [5.41, 5.74) is 4.24. The lowest BCUT2D eigenvalue weighted by atomic mass is 9.83.